The number of hydrogen-bond acceptors (Lipinski definition) is 3. The number of para-hydroxylation sites is 1. The lowest BCUT2D eigenvalue weighted by molar-refractivity contribution is -0.275. The summed E-state index contributed by atoms with van der Waals surface area (Å²) in [5.41, 5.74) is 3.88. The first-order chi connectivity index (χ1) is 8.02. The van der Waals surface area contributed by atoms with Gasteiger partial charge in [-0.25, -0.2) is 0 Å². The molecule has 0 aliphatic carbocycles. The molecule has 0 heterocycles. The molecule has 0 spiro atoms. The molecule has 0 amide bonds. The minimum Gasteiger partial charge on any atom is -0.504 e. The number of alkyl halides is 6. The SMILES string of the molecule is N[C@H](c1cccc(OC(F)(F)F)c1O)C(F)(F)F. The van der Waals surface area contributed by atoms with Crippen LogP contribution in [0.4, 0.5) is 26.3 Å². The molecule has 0 radical (unpaired) electrons. The quantitative estimate of drug-likeness (QED) is 0.816. The van der Waals surface area contributed by atoms with Crippen molar-refractivity contribution >= 4 is 0 Å². The van der Waals surface area contributed by atoms with Crippen molar-refractivity contribution in [3.05, 3.63) is 23.8 Å². The summed E-state index contributed by atoms with van der Waals surface area (Å²) in [5.74, 6) is -2.43. The summed E-state index contributed by atoms with van der Waals surface area (Å²) in [4.78, 5) is 0. The molecule has 1 aromatic carbocycles. The monoisotopic (exact) mass is 275 g/mol. The molecule has 0 saturated carbocycles. The largest absolute Gasteiger partial charge is 0.573 e. The van der Waals surface area contributed by atoms with Crippen molar-refractivity contribution in [3.63, 3.8) is 0 Å². The van der Waals surface area contributed by atoms with Crippen LogP contribution in [0.1, 0.15) is 11.6 Å². The number of halogens is 6. The molecule has 1 atom stereocenters. The molecule has 0 bridgehead atoms. The van der Waals surface area contributed by atoms with E-state index in [4.69, 9.17) is 5.73 Å². The highest BCUT2D eigenvalue weighted by atomic mass is 19.4. The first-order valence-electron chi connectivity index (χ1n) is 4.42. The number of benzene rings is 1. The van der Waals surface area contributed by atoms with Crippen molar-refractivity contribution < 1.29 is 36.2 Å². The van der Waals surface area contributed by atoms with E-state index in [-0.39, 0.29) is 0 Å². The smallest absolute Gasteiger partial charge is 0.504 e. The Kier molecular flexibility index (Phi) is 3.65. The Labute approximate surface area is 96.8 Å². The van der Waals surface area contributed by atoms with Gasteiger partial charge in [-0.05, 0) is 6.07 Å². The van der Waals surface area contributed by atoms with Crippen molar-refractivity contribution in [2.45, 2.75) is 18.6 Å². The molecule has 1 aromatic rings. The van der Waals surface area contributed by atoms with Gasteiger partial charge in [-0.3, -0.25) is 0 Å². The maximum Gasteiger partial charge on any atom is 0.573 e. The Morgan fingerprint density at radius 3 is 2.11 bits per heavy atom. The van der Waals surface area contributed by atoms with Crippen molar-refractivity contribution in [1.29, 1.82) is 0 Å². The molecule has 0 fully saturated rings. The van der Waals surface area contributed by atoms with E-state index in [9.17, 15) is 31.4 Å². The Morgan fingerprint density at radius 1 is 1.11 bits per heavy atom. The highest BCUT2D eigenvalue weighted by Gasteiger charge is 2.40. The van der Waals surface area contributed by atoms with E-state index in [2.05, 4.69) is 4.74 Å². The normalized spacial score (nSPS) is 14.4. The van der Waals surface area contributed by atoms with E-state index in [1.807, 2.05) is 0 Å². The van der Waals surface area contributed by atoms with Crippen LogP contribution in [0.3, 0.4) is 0 Å². The summed E-state index contributed by atoms with van der Waals surface area (Å²) in [6.07, 6.45) is -10.0. The van der Waals surface area contributed by atoms with Crippen LogP contribution >= 0.6 is 0 Å². The van der Waals surface area contributed by atoms with Gasteiger partial charge in [0, 0.05) is 5.56 Å². The van der Waals surface area contributed by atoms with Gasteiger partial charge >= 0.3 is 12.5 Å². The maximum absolute atomic E-state index is 12.3. The molecule has 0 aliphatic heterocycles. The molecule has 102 valence electrons. The predicted molar refractivity (Wildman–Crippen MR) is 47.8 cm³/mol. The maximum atomic E-state index is 12.3. The van der Waals surface area contributed by atoms with Crippen molar-refractivity contribution in [1.82, 2.24) is 0 Å². The van der Waals surface area contributed by atoms with E-state index in [1.165, 1.54) is 0 Å². The van der Waals surface area contributed by atoms with Gasteiger partial charge in [0.1, 0.15) is 6.04 Å². The molecule has 0 aliphatic rings. The van der Waals surface area contributed by atoms with E-state index < -0.39 is 35.6 Å². The first-order valence-corrected chi connectivity index (χ1v) is 4.42. The van der Waals surface area contributed by atoms with Crippen LogP contribution in [-0.4, -0.2) is 17.6 Å². The van der Waals surface area contributed by atoms with Crippen LogP contribution in [0, 0.1) is 0 Å². The Morgan fingerprint density at radius 2 is 1.67 bits per heavy atom. The second-order valence-electron chi connectivity index (χ2n) is 3.26. The van der Waals surface area contributed by atoms with Crippen LogP contribution in [0.25, 0.3) is 0 Å². The molecular formula is C9H7F6NO2. The molecule has 3 N–H and O–H groups in total. The van der Waals surface area contributed by atoms with Crippen LogP contribution in [0.15, 0.2) is 18.2 Å². The highest BCUT2D eigenvalue weighted by Crippen LogP contribution is 2.40. The molecule has 0 unspecified atom stereocenters. The van der Waals surface area contributed by atoms with E-state index >= 15 is 0 Å². The fraction of sp³-hybridized carbons (Fsp3) is 0.333. The second-order valence-corrected chi connectivity index (χ2v) is 3.26. The van der Waals surface area contributed by atoms with E-state index in [0.717, 1.165) is 12.1 Å². The lowest BCUT2D eigenvalue weighted by atomic mass is 10.1. The molecule has 0 saturated heterocycles. The topological polar surface area (TPSA) is 55.5 Å². The van der Waals surface area contributed by atoms with Gasteiger partial charge in [-0.1, -0.05) is 12.1 Å². The zero-order valence-electron chi connectivity index (χ0n) is 8.51. The minimum atomic E-state index is -5.13. The lowest BCUT2D eigenvalue weighted by Gasteiger charge is -2.19. The molecular weight excluding hydrogens is 268 g/mol. The number of rotatable bonds is 2. The zero-order chi connectivity index (χ0) is 14.1. The minimum absolute atomic E-state index is 0.676. The Hall–Kier alpha value is -1.64. The van der Waals surface area contributed by atoms with Gasteiger partial charge in [0.2, 0.25) is 0 Å². The summed E-state index contributed by atoms with van der Waals surface area (Å²) in [6.45, 7) is 0. The van der Waals surface area contributed by atoms with Gasteiger partial charge in [0.25, 0.3) is 0 Å². The molecule has 1 rings (SSSR count). The average molecular weight is 275 g/mol. The fourth-order valence-electron chi connectivity index (χ4n) is 1.17. The molecule has 0 aromatic heterocycles. The zero-order valence-corrected chi connectivity index (χ0v) is 8.51. The van der Waals surface area contributed by atoms with Crippen molar-refractivity contribution in [3.8, 4) is 11.5 Å². The predicted octanol–water partition coefficient (Wildman–Crippen LogP) is 2.85. The summed E-state index contributed by atoms with van der Waals surface area (Å²) in [5, 5.41) is 9.28. The van der Waals surface area contributed by atoms with Gasteiger partial charge in [-0.15, -0.1) is 13.2 Å². The Balaban J connectivity index is 3.14. The number of hydrogen-bond donors (Lipinski definition) is 2. The summed E-state index contributed by atoms with van der Waals surface area (Å²) >= 11 is 0. The lowest BCUT2D eigenvalue weighted by Crippen LogP contribution is -2.28. The highest BCUT2D eigenvalue weighted by molar-refractivity contribution is 5.47. The van der Waals surface area contributed by atoms with Crippen LogP contribution in [-0.2, 0) is 0 Å². The van der Waals surface area contributed by atoms with Gasteiger partial charge in [0.15, 0.2) is 11.5 Å². The third-order valence-corrected chi connectivity index (χ3v) is 1.94. The number of ether oxygens (including phenoxy) is 1. The standard InChI is InChI=1S/C9H7F6NO2/c10-8(11,12)7(16)4-2-1-3-5(6(4)17)18-9(13,14)15/h1-3,7,17H,16H2/t7-/m1/s1. The summed E-state index contributed by atoms with van der Waals surface area (Å²) < 4.78 is 75.9. The summed E-state index contributed by atoms with van der Waals surface area (Å²) in [7, 11) is 0. The van der Waals surface area contributed by atoms with Gasteiger partial charge in [-0.2, -0.15) is 13.2 Å². The molecule has 9 heteroatoms. The van der Waals surface area contributed by atoms with Gasteiger partial charge in [0.05, 0.1) is 0 Å². The van der Waals surface area contributed by atoms with E-state index in [0.29, 0.717) is 6.07 Å². The van der Waals surface area contributed by atoms with E-state index in [1.54, 1.807) is 0 Å². The fourth-order valence-corrected chi connectivity index (χ4v) is 1.17. The number of aromatic hydroxyl groups is 1. The number of phenols is 1. The van der Waals surface area contributed by atoms with Crippen LogP contribution in [0.2, 0.25) is 0 Å². The first kappa shape index (κ1) is 14.4. The molecule has 3 nitrogen and oxygen atoms in total. The third kappa shape index (κ3) is 3.42. The molecule has 18 heavy (non-hydrogen) atoms. The Bertz CT molecular complexity index is 428. The average Bonchev–Trinajstić information content (AvgIpc) is 2.17. The van der Waals surface area contributed by atoms with Crippen molar-refractivity contribution in [2.24, 2.45) is 5.73 Å². The van der Waals surface area contributed by atoms with Gasteiger partial charge < -0.3 is 15.6 Å². The second kappa shape index (κ2) is 4.56. The number of nitrogens with two attached hydrogens (primary N) is 1. The summed E-state index contributed by atoms with van der Waals surface area (Å²) in [6, 6.07) is -0.303. The third-order valence-electron chi connectivity index (χ3n) is 1.94. The van der Waals surface area contributed by atoms with Crippen molar-refractivity contribution in [2.75, 3.05) is 0 Å². The van der Waals surface area contributed by atoms with Crippen LogP contribution in [0.5, 0.6) is 11.5 Å². The van der Waals surface area contributed by atoms with Crippen LogP contribution < -0.4 is 10.5 Å². The number of phenolic OH excluding ortho intramolecular Hbond substituents is 1.